The first kappa shape index (κ1) is 25.3. The third-order valence-electron chi connectivity index (χ3n) is 6.66. The molecule has 0 spiro atoms. The van der Waals surface area contributed by atoms with Gasteiger partial charge in [0.25, 0.3) is 5.91 Å². The van der Waals surface area contributed by atoms with E-state index in [-0.39, 0.29) is 18.1 Å². The molecular weight excluding hydrogens is 483 g/mol. The van der Waals surface area contributed by atoms with E-state index < -0.39 is 17.2 Å². The van der Waals surface area contributed by atoms with Crippen molar-refractivity contribution < 1.29 is 23.5 Å². The molecule has 0 bridgehead atoms. The lowest BCUT2D eigenvalue weighted by Gasteiger charge is -2.29. The predicted molar refractivity (Wildman–Crippen MR) is 144 cm³/mol. The molecule has 0 aliphatic carbocycles. The van der Waals surface area contributed by atoms with Gasteiger partial charge in [-0.3, -0.25) is 4.79 Å². The maximum absolute atomic E-state index is 13.5. The Morgan fingerprint density at radius 3 is 2.47 bits per heavy atom. The molecule has 1 amide bonds. The number of hydrogen-bond acceptors (Lipinski definition) is 4. The molecule has 38 heavy (non-hydrogen) atoms. The van der Waals surface area contributed by atoms with Gasteiger partial charge in [-0.25, -0.2) is 9.18 Å². The first-order valence-corrected chi connectivity index (χ1v) is 12.6. The molecule has 6 nitrogen and oxygen atoms in total. The molecule has 1 aromatic heterocycles. The molecule has 0 unspecified atom stereocenters. The smallest absolute Gasteiger partial charge is 0.341 e. The average molecular weight is 513 g/mol. The van der Waals surface area contributed by atoms with E-state index in [2.05, 4.69) is 4.98 Å². The van der Waals surface area contributed by atoms with E-state index in [4.69, 9.17) is 9.47 Å². The number of carbonyl (C=O) groups excluding carboxylic acids is 2. The molecule has 0 saturated heterocycles. The number of amides is 1. The first-order chi connectivity index (χ1) is 18.3. The minimum absolute atomic E-state index is 0.193. The fourth-order valence-electron chi connectivity index (χ4n) is 4.93. The Morgan fingerprint density at radius 1 is 1.03 bits per heavy atom. The monoisotopic (exact) mass is 512 g/mol. The number of halogens is 1. The molecule has 2 heterocycles. The second-order valence-electron chi connectivity index (χ2n) is 9.94. The van der Waals surface area contributed by atoms with Crippen molar-refractivity contribution in [1.82, 2.24) is 9.88 Å². The van der Waals surface area contributed by atoms with Crippen LogP contribution in [0.3, 0.4) is 0 Å². The lowest BCUT2D eigenvalue weighted by atomic mass is 9.81. The molecule has 4 aromatic rings. The van der Waals surface area contributed by atoms with Crippen molar-refractivity contribution in [3.05, 3.63) is 107 Å². The highest BCUT2D eigenvalue weighted by Crippen LogP contribution is 2.41. The van der Waals surface area contributed by atoms with Crippen molar-refractivity contribution in [3.8, 4) is 5.75 Å². The molecule has 3 aromatic carbocycles. The van der Waals surface area contributed by atoms with Gasteiger partial charge in [-0.05, 0) is 60.5 Å². The van der Waals surface area contributed by atoms with Gasteiger partial charge in [-0.15, -0.1) is 0 Å². The Kier molecular flexibility index (Phi) is 6.76. The van der Waals surface area contributed by atoms with E-state index in [1.165, 1.54) is 29.2 Å². The highest BCUT2D eigenvalue weighted by Gasteiger charge is 2.37. The van der Waals surface area contributed by atoms with Crippen LogP contribution in [0.1, 0.15) is 48.0 Å². The van der Waals surface area contributed by atoms with Gasteiger partial charge in [0.1, 0.15) is 18.2 Å². The second-order valence-corrected chi connectivity index (χ2v) is 9.94. The fraction of sp³-hybridized carbons (Fsp3) is 0.226. The molecule has 5 rings (SSSR count). The minimum Gasteiger partial charge on any atom is -0.489 e. The first-order valence-electron chi connectivity index (χ1n) is 12.6. The zero-order chi connectivity index (χ0) is 26.9. The Balaban J connectivity index is 1.58. The standard InChI is InChI=1S/C31H29FN2O4/c1-4-37-30(36)25-17-34(29(35)21-10-12-22(32)13-11-21)19-31(2,3)27-24-16-23(14-15-26(24)33-28(25)27)38-18-20-8-6-5-7-9-20/h5-17,33H,4,18-19H2,1-3H3. The number of esters is 1. The Labute approximate surface area is 220 Å². The minimum atomic E-state index is -0.563. The van der Waals surface area contributed by atoms with Crippen molar-refractivity contribution >= 4 is 28.4 Å². The van der Waals surface area contributed by atoms with Crippen molar-refractivity contribution in [2.24, 2.45) is 0 Å². The van der Waals surface area contributed by atoms with Crippen LogP contribution in [0.5, 0.6) is 5.75 Å². The second kappa shape index (κ2) is 10.2. The van der Waals surface area contributed by atoms with Crippen LogP contribution in [0.2, 0.25) is 0 Å². The number of nitrogens with zero attached hydrogens (tertiary/aromatic N) is 1. The highest BCUT2D eigenvalue weighted by atomic mass is 19.1. The summed E-state index contributed by atoms with van der Waals surface area (Å²) in [4.78, 5) is 31.5. The molecule has 1 N–H and O–H groups in total. The molecule has 1 aliphatic rings. The number of aromatic amines is 1. The van der Waals surface area contributed by atoms with Gasteiger partial charge < -0.3 is 19.4 Å². The summed E-state index contributed by atoms with van der Waals surface area (Å²) in [6.45, 7) is 6.71. The summed E-state index contributed by atoms with van der Waals surface area (Å²) in [6.07, 6.45) is 1.54. The van der Waals surface area contributed by atoms with Crippen molar-refractivity contribution in [1.29, 1.82) is 0 Å². The van der Waals surface area contributed by atoms with E-state index in [0.29, 0.717) is 30.2 Å². The third kappa shape index (κ3) is 4.92. The van der Waals surface area contributed by atoms with E-state index in [0.717, 1.165) is 22.0 Å². The summed E-state index contributed by atoms with van der Waals surface area (Å²) >= 11 is 0. The summed E-state index contributed by atoms with van der Waals surface area (Å²) in [5, 5.41) is 0.904. The predicted octanol–water partition coefficient (Wildman–Crippen LogP) is 6.22. The van der Waals surface area contributed by atoms with Crippen molar-refractivity contribution in [2.45, 2.75) is 32.8 Å². The van der Waals surface area contributed by atoms with Gasteiger partial charge in [0.05, 0.1) is 17.9 Å². The third-order valence-corrected chi connectivity index (χ3v) is 6.66. The molecule has 7 heteroatoms. The van der Waals surface area contributed by atoms with Crippen LogP contribution in [-0.2, 0) is 21.6 Å². The summed E-state index contributed by atoms with van der Waals surface area (Å²) in [5.41, 5.74) is 3.43. The van der Waals surface area contributed by atoms with Gasteiger partial charge >= 0.3 is 5.97 Å². The van der Waals surface area contributed by atoms with Gasteiger partial charge in [-0.1, -0.05) is 44.2 Å². The number of fused-ring (bicyclic) bond motifs is 3. The molecule has 194 valence electrons. The summed E-state index contributed by atoms with van der Waals surface area (Å²) < 4.78 is 25.0. The topological polar surface area (TPSA) is 71.6 Å². The number of aromatic nitrogens is 1. The fourth-order valence-corrected chi connectivity index (χ4v) is 4.93. The van der Waals surface area contributed by atoms with Crippen LogP contribution in [0, 0.1) is 5.82 Å². The van der Waals surface area contributed by atoms with Gasteiger partial charge in [0.2, 0.25) is 0 Å². The molecule has 0 atom stereocenters. The number of rotatable bonds is 6. The van der Waals surface area contributed by atoms with Gasteiger partial charge in [0.15, 0.2) is 0 Å². The number of benzene rings is 3. The lowest BCUT2D eigenvalue weighted by Crippen LogP contribution is -2.37. The average Bonchev–Trinajstić information content (AvgIpc) is 3.24. The zero-order valence-electron chi connectivity index (χ0n) is 21.6. The van der Waals surface area contributed by atoms with Crippen LogP contribution in [0.4, 0.5) is 4.39 Å². The maximum atomic E-state index is 13.5. The number of carbonyl (C=O) groups is 2. The SMILES string of the molecule is CCOC(=O)C1=CN(C(=O)c2ccc(F)cc2)CC(C)(C)c2c1[nH]c1ccc(OCc3ccccc3)cc21. The Morgan fingerprint density at radius 2 is 1.76 bits per heavy atom. The molecular formula is C31H29FN2O4. The van der Waals surface area contributed by atoms with Crippen LogP contribution in [0.25, 0.3) is 16.5 Å². The largest absolute Gasteiger partial charge is 0.489 e. The lowest BCUT2D eigenvalue weighted by molar-refractivity contribution is -0.136. The summed E-state index contributed by atoms with van der Waals surface area (Å²) in [6, 6.07) is 21.1. The van der Waals surface area contributed by atoms with Crippen LogP contribution >= 0.6 is 0 Å². The normalized spacial score (nSPS) is 14.4. The molecule has 1 aliphatic heterocycles. The maximum Gasteiger partial charge on any atom is 0.341 e. The highest BCUT2D eigenvalue weighted by molar-refractivity contribution is 6.18. The zero-order valence-corrected chi connectivity index (χ0v) is 21.6. The van der Waals surface area contributed by atoms with Crippen molar-refractivity contribution in [2.75, 3.05) is 13.2 Å². The van der Waals surface area contributed by atoms with Crippen LogP contribution < -0.4 is 4.74 Å². The van der Waals surface area contributed by atoms with Crippen LogP contribution in [-0.4, -0.2) is 34.9 Å². The Hall–Kier alpha value is -4.39. The molecule has 0 fully saturated rings. The van der Waals surface area contributed by atoms with Crippen LogP contribution in [0.15, 0.2) is 79.0 Å². The van der Waals surface area contributed by atoms with E-state index in [1.54, 1.807) is 13.1 Å². The van der Waals surface area contributed by atoms with E-state index >= 15 is 0 Å². The summed E-state index contributed by atoms with van der Waals surface area (Å²) in [5.74, 6) is -0.590. The van der Waals surface area contributed by atoms with Gasteiger partial charge in [-0.2, -0.15) is 0 Å². The number of hydrogen-bond donors (Lipinski definition) is 1. The quantitative estimate of drug-likeness (QED) is 0.311. The summed E-state index contributed by atoms with van der Waals surface area (Å²) in [7, 11) is 0. The number of nitrogens with one attached hydrogen (secondary N) is 1. The Bertz CT molecular complexity index is 1520. The molecule has 0 radical (unpaired) electrons. The van der Waals surface area contributed by atoms with Gasteiger partial charge in [0, 0.05) is 34.6 Å². The van der Waals surface area contributed by atoms with E-state index in [9.17, 15) is 14.0 Å². The van der Waals surface area contributed by atoms with Crippen molar-refractivity contribution in [3.63, 3.8) is 0 Å². The number of H-pyrrole nitrogens is 1. The molecule has 0 saturated carbocycles. The number of ether oxygens (including phenoxy) is 2. The van der Waals surface area contributed by atoms with E-state index in [1.807, 2.05) is 62.4 Å².